The Labute approximate surface area is 131 Å². The predicted molar refractivity (Wildman–Crippen MR) is 87.8 cm³/mol. The summed E-state index contributed by atoms with van der Waals surface area (Å²) in [5, 5.41) is 4.34. The van der Waals surface area contributed by atoms with E-state index in [0.29, 0.717) is 0 Å². The first kappa shape index (κ1) is 17.6. The minimum Gasteiger partial charge on any atom is -0.341 e. The van der Waals surface area contributed by atoms with E-state index in [1.54, 1.807) is 6.92 Å². The molecule has 3 amide bonds. The Kier molecular flexibility index (Phi) is 5.84. The summed E-state index contributed by atoms with van der Waals surface area (Å²) in [5.41, 5.74) is 2.43. The van der Waals surface area contributed by atoms with Crippen molar-refractivity contribution >= 4 is 23.7 Å². The van der Waals surface area contributed by atoms with Gasteiger partial charge in [-0.25, -0.2) is 4.79 Å². The van der Waals surface area contributed by atoms with Gasteiger partial charge in [0, 0.05) is 11.9 Å². The molecule has 0 aliphatic carbocycles. The molecule has 5 heteroatoms. The number of hydrogen-bond donors (Lipinski definition) is 2. The predicted octanol–water partition coefficient (Wildman–Crippen LogP) is 3.23. The highest BCUT2D eigenvalue weighted by molar-refractivity contribution is 8.00. The van der Waals surface area contributed by atoms with Gasteiger partial charge in [-0.1, -0.05) is 32.9 Å². The number of carbonyl (C=O) groups excluding carboxylic acids is 2. The van der Waals surface area contributed by atoms with Crippen LogP contribution in [0.25, 0.3) is 0 Å². The van der Waals surface area contributed by atoms with E-state index in [1.165, 1.54) is 24.4 Å². The highest BCUT2D eigenvalue weighted by atomic mass is 32.2. The van der Waals surface area contributed by atoms with Crippen molar-refractivity contribution in [2.75, 3.05) is 7.05 Å². The Hall–Kier alpha value is -1.49. The Bertz CT molecular complexity index is 536. The van der Waals surface area contributed by atoms with Crippen LogP contribution in [0.1, 0.15) is 38.8 Å². The zero-order valence-corrected chi connectivity index (χ0v) is 14.4. The van der Waals surface area contributed by atoms with Gasteiger partial charge in [0.15, 0.2) is 0 Å². The molecule has 0 aliphatic rings. The molecule has 1 atom stereocenters. The van der Waals surface area contributed by atoms with E-state index in [0.717, 1.165) is 10.5 Å². The van der Waals surface area contributed by atoms with Crippen molar-refractivity contribution in [2.24, 2.45) is 0 Å². The summed E-state index contributed by atoms with van der Waals surface area (Å²) in [7, 11) is 1.48. The van der Waals surface area contributed by atoms with Crippen molar-refractivity contribution in [3.8, 4) is 0 Å². The molecule has 1 aromatic rings. The van der Waals surface area contributed by atoms with Gasteiger partial charge in [-0.05, 0) is 36.5 Å². The van der Waals surface area contributed by atoms with E-state index in [-0.39, 0.29) is 16.6 Å². The molecule has 4 nitrogen and oxygen atoms in total. The third kappa shape index (κ3) is 5.08. The number of rotatable bonds is 3. The van der Waals surface area contributed by atoms with Gasteiger partial charge in [0.05, 0.1) is 5.25 Å². The normalized spacial score (nSPS) is 12.7. The van der Waals surface area contributed by atoms with Crippen molar-refractivity contribution in [1.82, 2.24) is 10.6 Å². The summed E-state index contributed by atoms with van der Waals surface area (Å²) in [4.78, 5) is 24.2. The smallest absolute Gasteiger partial charge is 0.321 e. The fraction of sp³-hybridized carbons (Fsp3) is 0.500. The monoisotopic (exact) mass is 308 g/mol. The molecule has 0 radical (unpaired) electrons. The molecule has 1 rings (SSSR count). The quantitative estimate of drug-likeness (QED) is 0.843. The number of hydrogen-bond acceptors (Lipinski definition) is 3. The first-order valence-corrected chi connectivity index (χ1v) is 7.83. The molecule has 2 N–H and O–H groups in total. The van der Waals surface area contributed by atoms with Crippen LogP contribution in [0.2, 0.25) is 0 Å². The Morgan fingerprint density at radius 2 is 1.86 bits per heavy atom. The highest BCUT2D eigenvalue weighted by Gasteiger charge is 2.19. The third-order valence-corrected chi connectivity index (χ3v) is 4.45. The molecule has 0 unspecified atom stereocenters. The Morgan fingerprint density at radius 3 is 2.38 bits per heavy atom. The maximum atomic E-state index is 11.9. The van der Waals surface area contributed by atoms with Crippen LogP contribution >= 0.6 is 11.8 Å². The Balaban J connectivity index is 2.87. The van der Waals surface area contributed by atoms with Gasteiger partial charge in [-0.2, -0.15) is 0 Å². The fourth-order valence-corrected chi connectivity index (χ4v) is 2.71. The second-order valence-corrected chi connectivity index (χ2v) is 7.44. The van der Waals surface area contributed by atoms with Crippen molar-refractivity contribution < 1.29 is 9.59 Å². The second kappa shape index (κ2) is 6.98. The van der Waals surface area contributed by atoms with E-state index >= 15 is 0 Å². The highest BCUT2D eigenvalue weighted by Crippen LogP contribution is 2.31. The largest absolute Gasteiger partial charge is 0.341 e. The second-order valence-electron chi connectivity index (χ2n) is 6.06. The molecule has 0 fully saturated rings. The summed E-state index contributed by atoms with van der Waals surface area (Å²) in [6, 6.07) is 5.84. The number of aryl methyl sites for hydroxylation is 1. The van der Waals surface area contributed by atoms with Gasteiger partial charge in [0.2, 0.25) is 5.91 Å². The lowest BCUT2D eigenvalue weighted by Gasteiger charge is -2.21. The summed E-state index contributed by atoms with van der Waals surface area (Å²) in [6.07, 6.45) is 0. The lowest BCUT2D eigenvalue weighted by atomic mass is 9.87. The molecular formula is C16H24N2O2S. The zero-order valence-electron chi connectivity index (χ0n) is 13.5. The van der Waals surface area contributed by atoms with E-state index in [4.69, 9.17) is 0 Å². The number of amides is 3. The van der Waals surface area contributed by atoms with Crippen LogP contribution in [0.15, 0.2) is 23.1 Å². The number of benzene rings is 1. The molecule has 0 aromatic heterocycles. The van der Waals surface area contributed by atoms with Crippen molar-refractivity contribution in [2.45, 2.75) is 50.2 Å². The lowest BCUT2D eigenvalue weighted by molar-refractivity contribution is -0.119. The number of carbonyl (C=O) groups is 2. The van der Waals surface area contributed by atoms with Crippen LogP contribution in [0.4, 0.5) is 4.79 Å². The molecule has 0 saturated heterocycles. The molecule has 0 aliphatic heterocycles. The van der Waals surface area contributed by atoms with Crippen LogP contribution in [0.3, 0.4) is 0 Å². The average Bonchev–Trinajstić information content (AvgIpc) is 2.39. The third-order valence-electron chi connectivity index (χ3n) is 3.19. The SMILES string of the molecule is CNC(=O)NC(=O)[C@H](C)Sc1cc(C(C)(C)C)ccc1C. The van der Waals surface area contributed by atoms with Crippen molar-refractivity contribution in [1.29, 1.82) is 0 Å². The summed E-state index contributed by atoms with van der Waals surface area (Å²) in [6.45, 7) is 10.3. The molecule has 0 spiro atoms. The summed E-state index contributed by atoms with van der Waals surface area (Å²) >= 11 is 1.47. The molecule has 0 bridgehead atoms. The van der Waals surface area contributed by atoms with E-state index in [2.05, 4.69) is 49.6 Å². The van der Waals surface area contributed by atoms with Gasteiger partial charge >= 0.3 is 6.03 Å². The van der Waals surface area contributed by atoms with Gasteiger partial charge in [0.25, 0.3) is 0 Å². The standard InChI is InChI=1S/C16H24N2O2S/c1-10-7-8-12(16(3,4)5)9-13(10)21-11(2)14(19)18-15(20)17-6/h7-9,11H,1-6H3,(H2,17,18,19,20)/t11-/m0/s1. The molecule has 21 heavy (non-hydrogen) atoms. The van der Waals surface area contributed by atoms with E-state index in [1.807, 2.05) is 6.92 Å². The minimum atomic E-state index is -0.479. The number of urea groups is 1. The molecular weight excluding hydrogens is 284 g/mol. The minimum absolute atomic E-state index is 0.0661. The first-order chi connectivity index (χ1) is 9.65. The summed E-state index contributed by atoms with van der Waals surface area (Å²) in [5.74, 6) is -0.292. The topological polar surface area (TPSA) is 58.2 Å². The van der Waals surface area contributed by atoms with Crippen LogP contribution in [0, 0.1) is 6.92 Å². The maximum Gasteiger partial charge on any atom is 0.321 e. The Morgan fingerprint density at radius 1 is 1.24 bits per heavy atom. The average molecular weight is 308 g/mol. The van der Waals surface area contributed by atoms with Gasteiger partial charge in [-0.3, -0.25) is 10.1 Å². The number of imide groups is 1. The van der Waals surface area contributed by atoms with Crippen LogP contribution in [0.5, 0.6) is 0 Å². The van der Waals surface area contributed by atoms with E-state index < -0.39 is 6.03 Å². The number of thioether (sulfide) groups is 1. The molecule has 1 aromatic carbocycles. The van der Waals surface area contributed by atoms with Crippen LogP contribution in [-0.4, -0.2) is 24.2 Å². The van der Waals surface area contributed by atoms with Gasteiger partial charge < -0.3 is 5.32 Å². The lowest BCUT2D eigenvalue weighted by Crippen LogP contribution is -2.41. The van der Waals surface area contributed by atoms with Gasteiger partial charge in [-0.15, -0.1) is 11.8 Å². The summed E-state index contributed by atoms with van der Waals surface area (Å²) < 4.78 is 0. The number of nitrogens with one attached hydrogen (secondary N) is 2. The first-order valence-electron chi connectivity index (χ1n) is 6.95. The van der Waals surface area contributed by atoms with E-state index in [9.17, 15) is 9.59 Å². The van der Waals surface area contributed by atoms with Crippen LogP contribution < -0.4 is 10.6 Å². The molecule has 0 heterocycles. The fourth-order valence-electron chi connectivity index (χ4n) is 1.71. The van der Waals surface area contributed by atoms with Gasteiger partial charge in [0.1, 0.15) is 0 Å². The van der Waals surface area contributed by atoms with Crippen LogP contribution in [-0.2, 0) is 10.2 Å². The van der Waals surface area contributed by atoms with Crippen molar-refractivity contribution in [3.05, 3.63) is 29.3 Å². The van der Waals surface area contributed by atoms with Crippen molar-refractivity contribution in [3.63, 3.8) is 0 Å². The maximum absolute atomic E-state index is 11.9. The zero-order chi connectivity index (χ0) is 16.2. The molecule has 0 saturated carbocycles. The molecule has 116 valence electrons.